The van der Waals surface area contributed by atoms with Crippen molar-refractivity contribution in [1.82, 2.24) is 0 Å². The topological polar surface area (TPSA) is 81.5 Å². The van der Waals surface area contributed by atoms with E-state index in [1.54, 1.807) is 0 Å². The van der Waals surface area contributed by atoms with Gasteiger partial charge >= 0.3 is 6.18 Å². The van der Waals surface area contributed by atoms with Crippen LogP contribution in [0, 0.1) is 15.9 Å². The van der Waals surface area contributed by atoms with Crippen LogP contribution in [-0.2, 0) is 6.18 Å². The average Bonchev–Trinajstić information content (AvgIpc) is 2.69. The summed E-state index contributed by atoms with van der Waals surface area (Å²) in [6.07, 6.45) is -4.89. The Kier molecular flexibility index (Phi) is 5.67. The van der Waals surface area contributed by atoms with Gasteiger partial charge < -0.3 is 10.1 Å². The van der Waals surface area contributed by atoms with E-state index in [0.717, 1.165) is 24.3 Å². The second kappa shape index (κ2) is 8.19. The summed E-state index contributed by atoms with van der Waals surface area (Å²) < 4.78 is 58.0. The lowest BCUT2D eigenvalue weighted by molar-refractivity contribution is -0.385. The van der Waals surface area contributed by atoms with Crippen molar-refractivity contribution in [2.75, 3.05) is 5.32 Å². The number of nitro benzene ring substituents is 1. The quantitative estimate of drug-likeness (QED) is 0.321. The third-order valence-electron chi connectivity index (χ3n) is 3.91. The summed E-state index contributed by atoms with van der Waals surface area (Å²) in [5, 5.41) is 13.3. The van der Waals surface area contributed by atoms with Crippen molar-refractivity contribution in [2.24, 2.45) is 0 Å². The van der Waals surface area contributed by atoms with Crippen molar-refractivity contribution in [1.29, 1.82) is 0 Å². The summed E-state index contributed by atoms with van der Waals surface area (Å²) in [4.78, 5) is 22.2. The summed E-state index contributed by atoms with van der Waals surface area (Å²) in [6.45, 7) is 0. The van der Waals surface area contributed by atoms with Gasteiger partial charge in [0.1, 0.15) is 22.9 Å². The summed E-state index contributed by atoms with van der Waals surface area (Å²) in [5.74, 6) is -1.80. The fourth-order valence-electron chi connectivity index (χ4n) is 2.51. The zero-order valence-corrected chi connectivity index (χ0v) is 14.9. The van der Waals surface area contributed by atoms with Gasteiger partial charge in [-0.2, -0.15) is 13.2 Å². The Morgan fingerprint density at radius 3 is 2.33 bits per heavy atom. The Bertz CT molecular complexity index is 1100. The minimum absolute atomic E-state index is 0.0762. The van der Waals surface area contributed by atoms with Crippen molar-refractivity contribution in [3.63, 3.8) is 0 Å². The summed E-state index contributed by atoms with van der Waals surface area (Å²) in [6, 6.07) is 12.4. The van der Waals surface area contributed by atoms with Crippen molar-refractivity contribution >= 4 is 17.3 Å². The maximum atomic E-state index is 13.3. The van der Waals surface area contributed by atoms with E-state index in [1.807, 2.05) is 0 Å². The molecule has 10 heteroatoms. The molecule has 3 aromatic rings. The Labute approximate surface area is 166 Å². The van der Waals surface area contributed by atoms with E-state index in [2.05, 4.69) is 5.32 Å². The molecule has 0 radical (unpaired) electrons. The first-order valence-corrected chi connectivity index (χ1v) is 8.34. The molecule has 0 fully saturated rings. The number of rotatable bonds is 5. The molecular formula is C20H12F4N2O4. The number of nitrogens with zero attached hydrogens (tertiary/aromatic N) is 1. The zero-order chi connectivity index (χ0) is 21.9. The van der Waals surface area contributed by atoms with Crippen LogP contribution >= 0.6 is 0 Å². The fraction of sp³-hybridized carbons (Fsp3) is 0.0500. The first-order valence-electron chi connectivity index (χ1n) is 8.34. The highest BCUT2D eigenvalue weighted by Crippen LogP contribution is 2.40. The molecule has 0 aliphatic carbocycles. The second-order valence-electron chi connectivity index (χ2n) is 6.03. The van der Waals surface area contributed by atoms with Gasteiger partial charge in [0.25, 0.3) is 11.6 Å². The SMILES string of the molecule is O=C(Nc1ccc(F)cc1)c1cccc(Oc2ccc([N+](=O)[O-])cc2C(F)(F)F)c1. The van der Waals surface area contributed by atoms with Gasteiger partial charge in [-0.05, 0) is 48.5 Å². The van der Waals surface area contributed by atoms with E-state index < -0.39 is 39.8 Å². The second-order valence-corrected chi connectivity index (χ2v) is 6.03. The third-order valence-corrected chi connectivity index (χ3v) is 3.91. The molecule has 3 rings (SSSR count). The van der Waals surface area contributed by atoms with Crippen molar-refractivity contribution in [3.05, 3.63) is 93.8 Å². The molecule has 0 aliphatic heterocycles. The molecular weight excluding hydrogens is 408 g/mol. The van der Waals surface area contributed by atoms with E-state index in [4.69, 9.17) is 4.74 Å². The number of carbonyl (C=O) groups excluding carboxylic acids is 1. The fourth-order valence-corrected chi connectivity index (χ4v) is 2.51. The van der Waals surface area contributed by atoms with E-state index in [9.17, 15) is 32.5 Å². The minimum atomic E-state index is -4.89. The maximum Gasteiger partial charge on any atom is 0.420 e. The number of benzene rings is 3. The van der Waals surface area contributed by atoms with E-state index >= 15 is 0 Å². The monoisotopic (exact) mass is 420 g/mol. The predicted octanol–water partition coefficient (Wildman–Crippen LogP) is 5.80. The summed E-state index contributed by atoms with van der Waals surface area (Å²) in [7, 11) is 0. The largest absolute Gasteiger partial charge is 0.457 e. The molecule has 0 aliphatic rings. The van der Waals surface area contributed by atoms with Crippen molar-refractivity contribution < 1.29 is 32.0 Å². The van der Waals surface area contributed by atoms with Crippen LogP contribution < -0.4 is 10.1 Å². The number of anilines is 1. The van der Waals surface area contributed by atoms with Gasteiger partial charge in [-0.3, -0.25) is 14.9 Å². The molecule has 0 heterocycles. The Hall–Kier alpha value is -3.95. The molecule has 0 aromatic heterocycles. The molecule has 6 nitrogen and oxygen atoms in total. The molecule has 154 valence electrons. The number of alkyl halides is 3. The molecule has 0 bridgehead atoms. The number of nitro groups is 1. The molecule has 1 N–H and O–H groups in total. The molecule has 30 heavy (non-hydrogen) atoms. The molecule has 1 amide bonds. The lowest BCUT2D eigenvalue weighted by atomic mass is 10.1. The Morgan fingerprint density at radius 1 is 1.00 bits per heavy atom. The molecule has 0 unspecified atom stereocenters. The predicted molar refractivity (Wildman–Crippen MR) is 99.0 cm³/mol. The lowest BCUT2D eigenvalue weighted by Gasteiger charge is -2.14. The van der Waals surface area contributed by atoms with Crippen LogP contribution in [0.1, 0.15) is 15.9 Å². The van der Waals surface area contributed by atoms with E-state index in [-0.39, 0.29) is 11.3 Å². The normalized spacial score (nSPS) is 11.1. The van der Waals surface area contributed by atoms with Crippen LogP contribution in [0.4, 0.5) is 28.9 Å². The minimum Gasteiger partial charge on any atom is -0.457 e. The first-order chi connectivity index (χ1) is 14.1. The van der Waals surface area contributed by atoms with E-state index in [0.29, 0.717) is 11.8 Å². The van der Waals surface area contributed by atoms with Crippen LogP contribution in [0.2, 0.25) is 0 Å². The van der Waals surface area contributed by atoms with Gasteiger partial charge in [0.2, 0.25) is 0 Å². The van der Waals surface area contributed by atoms with Gasteiger partial charge in [-0.25, -0.2) is 4.39 Å². The smallest absolute Gasteiger partial charge is 0.420 e. The summed E-state index contributed by atoms with van der Waals surface area (Å²) >= 11 is 0. The van der Waals surface area contributed by atoms with Gasteiger partial charge in [-0.15, -0.1) is 0 Å². The number of amides is 1. The van der Waals surface area contributed by atoms with E-state index in [1.165, 1.54) is 36.4 Å². The van der Waals surface area contributed by atoms with Gasteiger partial charge in [0.05, 0.1) is 4.92 Å². The van der Waals surface area contributed by atoms with Crippen molar-refractivity contribution in [2.45, 2.75) is 6.18 Å². The highest BCUT2D eigenvalue weighted by molar-refractivity contribution is 6.04. The van der Waals surface area contributed by atoms with Gasteiger partial charge in [0, 0.05) is 23.4 Å². The Morgan fingerprint density at radius 2 is 1.70 bits per heavy atom. The number of halogens is 4. The number of nitrogens with one attached hydrogen (secondary N) is 1. The average molecular weight is 420 g/mol. The first kappa shape index (κ1) is 20.8. The van der Waals surface area contributed by atoms with Crippen LogP contribution in [0.25, 0.3) is 0 Å². The van der Waals surface area contributed by atoms with Crippen LogP contribution in [0.5, 0.6) is 11.5 Å². The third kappa shape index (κ3) is 4.90. The number of hydrogen-bond acceptors (Lipinski definition) is 4. The van der Waals surface area contributed by atoms with Crippen LogP contribution in [0.3, 0.4) is 0 Å². The van der Waals surface area contributed by atoms with Gasteiger partial charge in [0.15, 0.2) is 0 Å². The number of hydrogen-bond donors (Lipinski definition) is 1. The van der Waals surface area contributed by atoms with Crippen LogP contribution in [0.15, 0.2) is 66.7 Å². The molecule has 0 saturated carbocycles. The number of carbonyl (C=O) groups is 1. The van der Waals surface area contributed by atoms with Crippen LogP contribution in [-0.4, -0.2) is 10.8 Å². The number of ether oxygens (including phenoxy) is 1. The summed E-state index contributed by atoms with van der Waals surface area (Å²) in [5.41, 5.74) is -1.66. The zero-order valence-electron chi connectivity index (χ0n) is 14.9. The van der Waals surface area contributed by atoms with Gasteiger partial charge in [-0.1, -0.05) is 6.07 Å². The molecule has 0 spiro atoms. The highest BCUT2D eigenvalue weighted by Gasteiger charge is 2.36. The van der Waals surface area contributed by atoms with Crippen molar-refractivity contribution in [3.8, 4) is 11.5 Å². The lowest BCUT2D eigenvalue weighted by Crippen LogP contribution is -2.12. The highest BCUT2D eigenvalue weighted by atomic mass is 19.4. The molecule has 0 saturated heterocycles. The Balaban J connectivity index is 1.85. The molecule has 3 aromatic carbocycles. The number of non-ortho nitro benzene ring substituents is 1. The standard InChI is InChI=1S/C20H12F4N2O4/c21-13-4-6-14(7-5-13)25-19(27)12-2-1-3-16(10-12)30-18-9-8-15(26(28)29)11-17(18)20(22,23)24/h1-11H,(H,25,27). The molecule has 0 atom stereocenters. The maximum absolute atomic E-state index is 13.3.